The van der Waals surface area contributed by atoms with Gasteiger partial charge in [0.05, 0.1) is 16.6 Å². The van der Waals surface area contributed by atoms with Crippen molar-refractivity contribution < 1.29 is 18.8 Å². The first-order chi connectivity index (χ1) is 16.0. The summed E-state index contributed by atoms with van der Waals surface area (Å²) >= 11 is 0. The summed E-state index contributed by atoms with van der Waals surface area (Å²) in [4.78, 5) is 54.3. The Balaban J connectivity index is 1.37. The van der Waals surface area contributed by atoms with Gasteiger partial charge in [-0.2, -0.15) is 0 Å². The first-order valence-corrected chi connectivity index (χ1v) is 10.3. The molecule has 33 heavy (non-hydrogen) atoms. The second-order valence-electron chi connectivity index (χ2n) is 7.53. The van der Waals surface area contributed by atoms with Gasteiger partial charge in [-0.05, 0) is 54.6 Å². The lowest BCUT2D eigenvalue weighted by atomic mass is 10.1. The zero-order valence-electron chi connectivity index (χ0n) is 17.3. The van der Waals surface area contributed by atoms with Crippen LogP contribution >= 0.6 is 0 Å². The lowest BCUT2D eigenvalue weighted by Crippen LogP contribution is -2.28. The first kappa shape index (κ1) is 20.3. The SMILES string of the molecule is O=C(Nc1cccc(-c2nc3ccccc3c(=O)o2)c1)c1ccc(N2C(=O)CCC2=O)cc1. The average molecular weight is 439 g/mol. The highest BCUT2D eigenvalue weighted by Crippen LogP contribution is 2.24. The van der Waals surface area contributed by atoms with Crippen molar-refractivity contribution >= 4 is 40.0 Å². The normalized spacial score (nSPS) is 13.5. The summed E-state index contributed by atoms with van der Waals surface area (Å²) in [6.07, 6.45) is 0.396. The number of para-hydroxylation sites is 1. The fraction of sp³-hybridized carbons (Fsp3) is 0.0800. The van der Waals surface area contributed by atoms with E-state index in [4.69, 9.17) is 4.42 Å². The maximum absolute atomic E-state index is 12.7. The molecule has 0 saturated carbocycles. The highest BCUT2D eigenvalue weighted by Gasteiger charge is 2.30. The monoisotopic (exact) mass is 439 g/mol. The molecule has 162 valence electrons. The van der Waals surface area contributed by atoms with Crippen molar-refractivity contribution in [1.29, 1.82) is 0 Å². The predicted molar refractivity (Wildman–Crippen MR) is 122 cm³/mol. The molecule has 0 atom stereocenters. The molecule has 2 heterocycles. The van der Waals surface area contributed by atoms with Crippen molar-refractivity contribution in [1.82, 2.24) is 4.98 Å². The van der Waals surface area contributed by atoms with E-state index in [9.17, 15) is 19.2 Å². The van der Waals surface area contributed by atoms with Gasteiger partial charge in [0.15, 0.2) is 0 Å². The van der Waals surface area contributed by atoms with Crippen LogP contribution in [0.15, 0.2) is 82.0 Å². The molecule has 8 nitrogen and oxygen atoms in total. The summed E-state index contributed by atoms with van der Waals surface area (Å²) in [6, 6.07) is 20.0. The van der Waals surface area contributed by atoms with E-state index in [0.717, 1.165) is 4.90 Å². The first-order valence-electron chi connectivity index (χ1n) is 10.3. The van der Waals surface area contributed by atoms with E-state index in [1.54, 1.807) is 72.8 Å². The Kier molecular flexibility index (Phi) is 5.02. The molecule has 3 amide bonds. The highest BCUT2D eigenvalue weighted by molar-refractivity contribution is 6.20. The summed E-state index contributed by atoms with van der Waals surface area (Å²) in [5.41, 5.74) is 1.87. The molecule has 1 fully saturated rings. The number of carbonyl (C=O) groups excluding carboxylic acids is 3. The van der Waals surface area contributed by atoms with Crippen molar-refractivity contribution in [3.8, 4) is 11.5 Å². The number of nitrogens with one attached hydrogen (secondary N) is 1. The van der Waals surface area contributed by atoms with Gasteiger partial charge in [-0.25, -0.2) is 9.78 Å². The van der Waals surface area contributed by atoms with Crippen molar-refractivity contribution in [2.45, 2.75) is 12.8 Å². The van der Waals surface area contributed by atoms with Crippen LogP contribution in [0.2, 0.25) is 0 Å². The van der Waals surface area contributed by atoms with E-state index in [2.05, 4.69) is 10.3 Å². The minimum absolute atomic E-state index is 0.152. The number of hydrogen-bond acceptors (Lipinski definition) is 6. The van der Waals surface area contributed by atoms with E-state index >= 15 is 0 Å². The van der Waals surface area contributed by atoms with Gasteiger partial charge < -0.3 is 9.73 Å². The van der Waals surface area contributed by atoms with Crippen LogP contribution in [-0.4, -0.2) is 22.7 Å². The number of amides is 3. The summed E-state index contributed by atoms with van der Waals surface area (Å²) in [5.74, 6) is -0.712. The maximum atomic E-state index is 12.7. The number of nitrogens with zero attached hydrogens (tertiary/aromatic N) is 2. The van der Waals surface area contributed by atoms with Crippen LogP contribution in [-0.2, 0) is 9.59 Å². The fourth-order valence-electron chi connectivity index (χ4n) is 3.70. The number of fused-ring (bicyclic) bond motifs is 1. The molecule has 0 aliphatic carbocycles. The standard InChI is InChI=1S/C25H17N3O5/c29-21-12-13-22(30)28(21)18-10-8-15(9-11-18)23(31)26-17-5-3-4-16(14-17)24-27-20-7-2-1-6-19(20)25(32)33-24/h1-11,14H,12-13H2,(H,26,31). The molecule has 1 aliphatic rings. The summed E-state index contributed by atoms with van der Waals surface area (Å²) in [6.45, 7) is 0. The summed E-state index contributed by atoms with van der Waals surface area (Å²) in [5, 5.41) is 3.19. The average Bonchev–Trinajstić information content (AvgIpc) is 3.17. The second kappa shape index (κ2) is 8.16. The lowest BCUT2D eigenvalue weighted by molar-refractivity contribution is -0.121. The Morgan fingerprint density at radius 1 is 0.879 bits per heavy atom. The molecule has 5 rings (SSSR count). The predicted octanol–water partition coefficient (Wildman–Crippen LogP) is 3.76. The molecule has 1 aromatic heterocycles. The molecule has 0 radical (unpaired) electrons. The Bertz CT molecular complexity index is 1460. The number of aromatic nitrogens is 1. The number of carbonyl (C=O) groups is 3. The number of imide groups is 1. The third-order valence-corrected chi connectivity index (χ3v) is 5.34. The number of hydrogen-bond donors (Lipinski definition) is 1. The number of rotatable bonds is 4. The van der Waals surface area contributed by atoms with Gasteiger partial charge in [-0.3, -0.25) is 19.3 Å². The van der Waals surface area contributed by atoms with Gasteiger partial charge in [0.1, 0.15) is 0 Å². The van der Waals surface area contributed by atoms with E-state index < -0.39 is 5.63 Å². The topological polar surface area (TPSA) is 110 Å². The molecule has 1 saturated heterocycles. The van der Waals surface area contributed by atoms with Crippen molar-refractivity contribution in [3.05, 3.63) is 88.8 Å². The van der Waals surface area contributed by atoms with Crippen LogP contribution in [0.5, 0.6) is 0 Å². The van der Waals surface area contributed by atoms with E-state index in [-0.39, 0.29) is 36.5 Å². The fourth-order valence-corrected chi connectivity index (χ4v) is 3.70. The largest absolute Gasteiger partial charge is 0.403 e. The Hall–Kier alpha value is -4.59. The molecular formula is C25H17N3O5. The number of benzene rings is 3. The van der Waals surface area contributed by atoms with E-state index in [1.807, 2.05) is 0 Å². The number of anilines is 2. The van der Waals surface area contributed by atoms with Crippen LogP contribution < -0.4 is 15.8 Å². The smallest absolute Gasteiger partial charge is 0.347 e. The van der Waals surface area contributed by atoms with Crippen LogP contribution in [0.3, 0.4) is 0 Å². The Labute approximate surface area is 187 Å². The molecule has 0 spiro atoms. The lowest BCUT2D eigenvalue weighted by Gasteiger charge is -2.14. The molecule has 0 bridgehead atoms. The van der Waals surface area contributed by atoms with Gasteiger partial charge >= 0.3 is 5.63 Å². The van der Waals surface area contributed by atoms with Crippen molar-refractivity contribution in [2.24, 2.45) is 0 Å². The summed E-state index contributed by atoms with van der Waals surface area (Å²) < 4.78 is 5.36. The van der Waals surface area contributed by atoms with Gasteiger partial charge in [0, 0.05) is 29.7 Å². The molecule has 8 heteroatoms. The molecule has 1 aliphatic heterocycles. The second-order valence-corrected chi connectivity index (χ2v) is 7.53. The van der Waals surface area contributed by atoms with Gasteiger partial charge in [-0.15, -0.1) is 0 Å². The van der Waals surface area contributed by atoms with Gasteiger partial charge in [0.2, 0.25) is 17.7 Å². The summed E-state index contributed by atoms with van der Waals surface area (Å²) in [7, 11) is 0. The quantitative estimate of drug-likeness (QED) is 0.485. The molecule has 4 aromatic rings. The Morgan fingerprint density at radius 3 is 2.36 bits per heavy atom. The third-order valence-electron chi connectivity index (χ3n) is 5.34. The zero-order chi connectivity index (χ0) is 22.9. The molecule has 0 unspecified atom stereocenters. The van der Waals surface area contributed by atoms with Gasteiger partial charge in [0.25, 0.3) is 5.91 Å². The minimum atomic E-state index is -0.486. The van der Waals surface area contributed by atoms with Crippen LogP contribution in [0.1, 0.15) is 23.2 Å². The van der Waals surface area contributed by atoms with Crippen LogP contribution in [0.25, 0.3) is 22.4 Å². The van der Waals surface area contributed by atoms with Crippen molar-refractivity contribution in [3.63, 3.8) is 0 Å². The molecule has 1 N–H and O–H groups in total. The van der Waals surface area contributed by atoms with E-state index in [0.29, 0.717) is 33.4 Å². The molecule has 3 aromatic carbocycles. The van der Waals surface area contributed by atoms with Gasteiger partial charge in [-0.1, -0.05) is 18.2 Å². The third kappa shape index (κ3) is 3.89. The van der Waals surface area contributed by atoms with Crippen LogP contribution in [0.4, 0.5) is 11.4 Å². The maximum Gasteiger partial charge on any atom is 0.347 e. The van der Waals surface area contributed by atoms with Crippen molar-refractivity contribution in [2.75, 3.05) is 10.2 Å². The zero-order valence-corrected chi connectivity index (χ0v) is 17.3. The van der Waals surface area contributed by atoms with E-state index in [1.165, 1.54) is 0 Å². The van der Waals surface area contributed by atoms with Crippen LogP contribution in [0, 0.1) is 0 Å². The highest BCUT2D eigenvalue weighted by atomic mass is 16.4. The Morgan fingerprint density at radius 2 is 1.61 bits per heavy atom. The minimum Gasteiger partial charge on any atom is -0.403 e. The molecular weight excluding hydrogens is 422 g/mol.